The molecule has 0 aliphatic rings. The fourth-order valence-corrected chi connectivity index (χ4v) is 6.96. The highest BCUT2D eigenvalue weighted by Gasteiger charge is 2.33. The maximum absolute atomic E-state index is 13.3. The van der Waals surface area contributed by atoms with Crippen LogP contribution in [0.2, 0.25) is 0 Å². The van der Waals surface area contributed by atoms with Crippen molar-refractivity contribution < 1.29 is 16.8 Å². The first-order valence-electron chi connectivity index (χ1n) is 9.47. The average Bonchev–Trinajstić information content (AvgIpc) is 2.69. The predicted octanol–water partition coefficient (Wildman–Crippen LogP) is 2.48. The zero-order valence-corrected chi connectivity index (χ0v) is 20.6. The van der Waals surface area contributed by atoms with Crippen molar-refractivity contribution in [2.24, 2.45) is 4.99 Å². The van der Waals surface area contributed by atoms with Crippen LogP contribution in [0.4, 0.5) is 5.69 Å². The number of hydrogen-bond acceptors (Lipinski definition) is 7. The lowest BCUT2D eigenvalue weighted by atomic mass is 10.2. The van der Waals surface area contributed by atoms with E-state index in [9.17, 15) is 16.8 Å². The number of nitriles is 1. The zero-order valence-electron chi connectivity index (χ0n) is 18.1. The van der Waals surface area contributed by atoms with E-state index in [1.165, 1.54) is 32.5 Å². The number of nitrogens with one attached hydrogen (secondary N) is 1. The first-order valence-corrected chi connectivity index (χ1v) is 13.6. The summed E-state index contributed by atoms with van der Waals surface area (Å²) in [6.45, 7) is 9.25. The Balaban J connectivity index is 3.96. The maximum atomic E-state index is 13.3. The van der Waals surface area contributed by atoms with E-state index in [1.807, 2.05) is 0 Å². The van der Waals surface area contributed by atoms with Gasteiger partial charge >= 0.3 is 0 Å². The van der Waals surface area contributed by atoms with Crippen LogP contribution >= 0.6 is 11.8 Å². The van der Waals surface area contributed by atoms with Crippen LogP contribution in [0.5, 0.6) is 0 Å². The van der Waals surface area contributed by atoms with Gasteiger partial charge in [-0.2, -0.15) is 13.9 Å². The molecule has 12 heteroatoms. The number of aliphatic imine (C=N–C) groups is 1. The quantitative estimate of drug-likeness (QED) is 0.252. The second kappa shape index (κ2) is 11.1. The molecule has 0 aliphatic carbocycles. The summed E-state index contributed by atoms with van der Waals surface area (Å²) in [6.07, 6.45) is 3.49. The van der Waals surface area contributed by atoms with E-state index >= 15 is 0 Å². The summed E-state index contributed by atoms with van der Waals surface area (Å²) in [5.41, 5.74) is 0.747. The first-order chi connectivity index (χ1) is 14.0. The fourth-order valence-electron chi connectivity index (χ4n) is 2.86. The van der Waals surface area contributed by atoms with Crippen LogP contribution in [0, 0.1) is 18.4 Å². The van der Waals surface area contributed by atoms with Gasteiger partial charge in [-0.15, -0.1) is 0 Å². The van der Waals surface area contributed by atoms with Gasteiger partial charge in [-0.1, -0.05) is 39.5 Å². The predicted molar refractivity (Wildman–Crippen MR) is 121 cm³/mol. The summed E-state index contributed by atoms with van der Waals surface area (Å²) in [5, 5.41) is 11.6. The molecule has 0 atom stereocenters. The minimum absolute atomic E-state index is 0.197. The lowest BCUT2D eigenvalue weighted by Gasteiger charge is -2.24. The Morgan fingerprint density at radius 1 is 1.00 bits per heavy atom. The standard InChI is InChI=1S/C18H29N5O4S3/c1-7-22(8-2)29(24,25)16-11-14(5)15(21-18(28-6)20-13-19)12-17(16)30(26,27)23(9-3)10-4/h11-12H,7-10H2,1-6H3,(H,20,21). The molecule has 0 radical (unpaired) electrons. The zero-order chi connectivity index (χ0) is 23.1. The summed E-state index contributed by atoms with van der Waals surface area (Å²) in [7, 11) is -8.14. The molecule has 1 N–H and O–H groups in total. The third-order valence-electron chi connectivity index (χ3n) is 4.49. The second-order valence-corrected chi connectivity index (χ2v) is 10.7. The SMILES string of the molecule is CCN(CC)S(=O)(=O)c1cc(C)c(N=C(NC#N)SC)cc1S(=O)(=O)N(CC)CC. The van der Waals surface area contributed by atoms with Gasteiger partial charge in [-0.3, -0.25) is 5.32 Å². The van der Waals surface area contributed by atoms with E-state index in [2.05, 4.69) is 10.3 Å². The molecule has 0 fully saturated rings. The molecule has 0 bridgehead atoms. The molecule has 0 saturated heterocycles. The molecule has 0 spiro atoms. The average molecular weight is 476 g/mol. The van der Waals surface area contributed by atoms with Crippen molar-refractivity contribution in [3.8, 4) is 6.19 Å². The van der Waals surface area contributed by atoms with Gasteiger partial charge in [0.15, 0.2) is 11.4 Å². The maximum Gasteiger partial charge on any atom is 0.244 e. The molecule has 0 saturated carbocycles. The molecule has 1 aromatic carbocycles. The van der Waals surface area contributed by atoms with Gasteiger partial charge < -0.3 is 0 Å². The number of rotatable bonds is 9. The van der Waals surface area contributed by atoms with Crippen molar-refractivity contribution in [2.75, 3.05) is 32.4 Å². The van der Waals surface area contributed by atoms with Gasteiger partial charge in [0.05, 0.1) is 5.69 Å². The number of hydrogen-bond donors (Lipinski definition) is 1. The molecule has 1 rings (SSSR count). The van der Waals surface area contributed by atoms with E-state index < -0.39 is 20.0 Å². The van der Waals surface area contributed by atoms with Gasteiger partial charge in [0.1, 0.15) is 9.79 Å². The van der Waals surface area contributed by atoms with Crippen molar-refractivity contribution in [1.29, 1.82) is 5.26 Å². The molecule has 168 valence electrons. The number of aryl methyl sites for hydroxylation is 1. The van der Waals surface area contributed by atoms with E-state index in [4.69, 9.17) is 5.26 Å². The first kappa shape index (κ1) is 26.4. The van der Waals surface area contributed by atoms with Crippen LogP contribution in [-0.4, -0.2) is 63.0 Å². The molecule has 0 aliphatic heterocycles. The summed E-state index contributed by atoms with van der Waals surface area (Å²) in [6, 6.07) is 2.61. The number of thioether (sulfide) groups is 1. The molecular formula is C18H29N5O4S3. The van der Waals surface area contributed by atoms with Gasteiger partial charge in [0, 0.05) is 26.2 Å². The Morgan fingerprint density at radius 3 is 1.80 bits per heavy atom. The molecule has 0 aromatic heterocycles. The Kier molecular flexibility index (Phi) is 9.77. The number of benzene rings is 1. The molecular weight excluding hydrogens is 446 g/mol. The van der Waals surface area contributed by atoms with Crippen LogP contribution < -0.4 is 5.32 Å². The molecule has 0 unspecified atom stereocenters. The highest BCUT2D eigenvalue weighted by atomic mass is 32.2. The van der Waals surface area contributed by atoms with Crippen LogP contribution in [-0.2, 0) is 20.0 Å². The van der Waals surface area contributed by atoms with Gasteiger partial charge in [0.25, 0.3) is 0 Å². The largest absolute Gasteiger partial charge is 0.271 e. The van der Waals surface area contributed by atoms with E-state index in [-0.39, 0.29) is 46.8 Å². The number of amidine groups is 1. The van der Waals surface area contributed by atoms with Crippen LogP contribution in [0.15, 0.2) is 26.9 Å². The van der Waals surface area contributed by atoms with Gasteiger partial charge in [-0.05, 0) is 30.9 Å². The summed E-state index contributed by atoms with van der Waals surface area (Å²) < 4.78 is 55.6. The van der Waals surface area contributed by atoms with Crippen LogP contribution in [0.1, 0.15) is 33.3 Å². The third-order valence-corrected chi connectivity index (χ3v) is 9.38. The summed E-state index contributed by atoms with van der Waals surface area (Å²) in [5.74, 6) is 0. The van der Waals surface area contributed by atoms with Crippen LogP contribution in [0.25, 0.3) is 0 Å². The number of nitrogens with zero attached hydrogens (tertiary/aromatic N) is 4. The highest BCUT2D eigenvalue weighted by molar-refractivity contribution is 8.13. The smallest absolute Gasteiger partial charge is 0.244 e. The van der Waals surface area contributed by atoms with E-state index in [0.717, 1.165) is 0 Å². The Bertz CT molecular complexity index is 1020. The van der Waals surface area contributed by atoms with Crippen LogP contribution in [0.3, 0.4) is 0 Å². The Labute approximate surface area is 184 Å². The molecule has 0 heterocycles. The highest BCUT2D eigenvalue weighted by Crippen LogP contribution is 2.33. The van der Waals surface area contributed by atoms with Crippen molar-refractivity contribution in [3.63, 3.8) is 0 Å². The monoisotopic (exact) mass is 475 g/mol. The molecule has 1 aromatic rings. The molecule has 9 nitrogen and oxygen atoms in total. The van der Waals surface area contributed by atoms with Gasteiger partial charge in [-0.25, -0.2) is 21.8 Å². The fraction of sp³-hybridized carbons (Fsp3) is 0.556. The van der Waals surface area contributed by atoms with Crippen molar-refractivity contribution >= 4 is 42.7 Å². The number of sulfonamides is 2. The summed E-state index contributed by atoms with van der Waals surface area (Å²) >= 11 is 1.18. The Morgan fingerprint density at radius 2 is 1.43 bits per heavy atom. The third kappa shape index (κ3) is 5.53. The molecule has 30 heavy (non-hydrogen) atoms. The second-order valence-electron chi connectivity index (χ2n) is 6.12. The lowest BCUT2D eigenvalue weighted by Crippen LogP contribution is -2.35. The minimum Gasteiger partial charge on any atom is -0.271 e. The topological polar surface area (TPSA) is 123 Å². The van der Waals surface area contributed by atoms with Crippen molar-refractivity contribution in [3.05, 3.63) is 17.7 Å². The van der Waals surface area contributed by atoms with Crippen molar-refractivity contribution in [1.82, 2.24) is 13.9 Å². The Hall–Kier alpha value is -1.65. The lowest BCUT2D eigenvalue weighted by molar-refractivity contribution is 0.434. The van der Waals surface area contributed by atoms with E-state index in [0.29, 0.717) is 5.56 Å². The van der Waals surface area contributed by atoms with E-state index in [1.54, 1.807) is 47.1 Å². The van der Waals surface area contributed by atoms with Gasteiger partial charge in [0.2, 0.25) is 20.0 Å². The summed E-state index contributed by atoms with van der Waals surface area (Å²) in [4.78, 5) is 3.72. The normalized spacial score (nSPS) is 13.0. The molecule has 0 amide bonds. The minimum atomic E-state index is -4.09. The van der Waals surface area contributed by atoms with Crippen molar-refractivity contribution in [2.45, 2.75) is 44.4 Å².